The molecule has 0 heterocycles. The maximum Gasteiger partial charge on any atom is 0.0937 e. The van der Waals surface area contributed by atoms with E-state index in [0.717, 1.165) is 5.56 Å². The predicted molar refractivity (Wildman–Crippen MR) is 51.2 cm³/mol. The fourth-order valence-electron chi connectivity index (χ4n) is 0.959. The largest absolute Gasteiger partial charge is 0.395 e. The molecule has 0 saturated heterocycles. The molecule has 0 amide bonds. The summed E-state index contributed by atoms with van der Waals surface area (Å²) in [6.07, 6.45) is -0.642. The molecule has 0 aromatic heterocycles. The van der Waals surface area contributed by atoms with Gasteiger partial charge in [0.2, 0.25) is 0 Å². The van der Waals surface area contributed by atoms with Crippen LogP contribution >= 0.6 is 15.9 Å². The van der Waals surface area contributed by atoms with Crippen LogP contribution in [0.2, 0.25) is 0 Å². The van der Waals surface area contributed by atoms with Gasteiger partial charge in [-0.15, -0.1) is 0 Å². The zero-order valence-electron chi connectivity index (χ0n) is 6.52. The Morgan fingerprint density at radius 1 is 1.25 bits per heavy atom. The van der Waals surface area contributed by atoms with Crippen LogP contribution in [0.4, 0.5) is 0 Å². The van der Waals surface area contributed by atoms with Crippen LogP contribution in [0.1, 0.15) is 11.7 Å². The van der Waals surface area contributed by atoms with Crippen molar-refractivity contribution < 1.29 is 10.2 Å². The van der Waals surface area contributed by atoms with Crippen LogP contribution in [0.25, 0.3) is 0 Å². The van der Waals surface area contributed by atoms with Crippen molar-refractivity contribution in [3.63, 3.8) is 0 Å². The number of halogens is 1. The van der Waals surface area contributed by atoms with Crippen LogP contribution in [0.15, 0.2) is 30.3 Å². The van der Waals surface area contributed by atoms with Gasteiger partial charge in [-0.1, -0.05) is 46.3 Å². The summed E-state index contributed by atoms with van der Waals surface area (Å²) >= 11 is 3.18. The third-order valence-electron chi connectivity index (χ3n) is 1.66. The second-order valence-corrected chi connectivity index (χ2v) is 3.73. The van der Waals surface area contributed by atoms with E-state index in [1.54, 1.807) is 0 Å². The van der Waals surface area contributed by atoms with E-state index in [9.17, 15) is 5.11 Å². The summed E-state index contributed by atoms with van der Waals surface area (Å²) in [4.78, 5) is -0.292. The van der Waals surface area contributed by atoms with Crippen molar-refractivity contribution in [2.75, 3.05) is 6.61 Å². The molecule has 2 atom stereocenters. The molecule has 0 saturated carbocycles. The van der Waals surface area contributed by atoms with Crippen molar-refractivity contribution in [3.8, 4) is 0 Å². The second-order valence-electron chi connectivity index (χ2n) is 2.55. The third kappa shape index (κ3) is 2.30. The summed E-state index contributed by atoms with van der Waals surface area (Å²) in [6, 6.07) is 9.26. The molecular weight excluding hydrogens is 220 g/mol. The molecule has 12 heavy (non-hydrogen) atoms. The number of alkyl halides is 1. The quantitative estimate of drug-likeness (QED) is 0.773. The lowest BCUT2D eigenvalue weighted by Gasteiger charge is -2.14. The lowest BCUT2D eigenvalue weighted by atomic mass is 10.1. The minimum absolute atomic E-state index is 0.0734. The Hall–Kier alpha value is -0.380. The first-order chi connectivity index (χ1) is 5.75. The normalized spacial score (nSPS) is 15.6. The summed E-state index contributed by atoms with van der Waals surface area (Å²) in [7, 11) is 0. The molecule has 66 valence electrons. The van der Waals surface area contributed by atoms with Gasteiger partial charge in [0.05, 0.1) is 17.5 Å². The van der Waals surface area contributed by atoms with E-state index in [1.807, 2.05) is 30.3 Å². The van der Waals surface area contributed by atoms with E-state index < -0.39 is 6.10 Å². The van der Waals surface area contributed by atoms with Crippen LogP contribution in [-0.4, -0.2) is 21.6 Å². The second kappa shape index (κ2) is 4.60. The summed E-state index contributed by atoms with van der Waals surface area (Å²) in [6.45, 7) is -0.0734. The van der Waals surface area contributed by atoms with E-state index in [1.165, 1.54) is 0 Å². The number of hydrogen-bond acceptors (Lipinski definition) is 2. The average molecular weight is 231 g/mol. The first-order valence-electron chi connectivity index (χ1n) is 3.73. The van der Waals surface area contributed by atoms with Crippen LogP contribution in [0.5, 0.6) is 0 Å². The van der Waals surface area contributed by atoms with Gasteiger partial charge in [-0.25, -0.2) is 0 Å². The van der Waals surface area contributed by atoms with Crippen molar-refractivity contribution in [2.24, 2.45) is 0 Å². The summed E-state index contributed by atoms with van der Waals surface area (Å²) in [5.74, 6) is 0. The first kappa shape index (κ1) is 9.71. The Morgan fingerprint density at radius 3 is 2.33 bits per heavy atom. The lowest BCUT2D eigenvalue weighted by Crippen LogP contribution is -2.15. The van der Waals surface area contributed by atoms with Crippen LogP contribution in [0.3, 0.4) is 0 Å². The fraction of sp³-hybridized carbons (Fsp3) is 0.333. The van der Waals surface area contributed by atoms with Crippen LogP contribution in [-0.2, 0) is 0 Å². The Balaban J connectivity index is 2.71. The number of aliphatic hydroxyl groups is 2. The molecule has 0 aliphatic carbocycles. The molecule has 0 fully saturated rings. The van der Waals surface area contributed by atoms with E-state index >= 15 is 0 Å². The van der Waals surface area contributed by atoms with Gasteiger partial charge in [-0.3, -0.25) is 0 Å². The maximum absolute atomic E-state index is 9.58. The van der Waals surface area contributed by atoms with Crippen LogP contribution in [0, 0.1) is 0 Å². The Kier molecular flexibility index (Phi) is 3.72. The van der Waals surface area contributed by atoms with Crippen molar-refractivity contribution in [2.45, 2.75) is 10.9 Å². The molecule has 0 bridgehead atoms. The summed E-state index contributed by atoms with van der Waals surface area (Å²) in [5.41, 5.74) is 0.813. The number of aliphatic hydroxyl groups excluding tert-OH is 2. The Morgan fingerprint density at radius 2 is 1.83 bits per heavy atom. The highest BCUT2D eigenvalue weighted by atomic mass is 79.9. The molecule has 0 unspecified atom stereocenters. The SMILES string of the molecule is OC[C@H](Br)[C@H](O)c1ccccc1. The zero-order valence-corrected chi connectivity index (χ0v) is 8.11. The molecule has 0 spiro atoms. The average Bonchev–Trinajstić information content (AvgIpc) is 2.17. The smallest absolute Gasteiger partial charge is 0.0937 e. The topological polar surface area (TPSA) is 40.5 Å². The van der Waals surface area contributed by atoms with Crippen molar-refractivity contribution >= 4 is 15.9 Å². The summed E-state index contributed by atoms with van der Waals surface area (Å²) < 4.78 is 0. The van der Waals surface area contributed by atoms with Crippen molar-refractivity contribution in [1.29, 1.82) is 0 Å². The maximum atomic E-state index is 9.58. The predicted octanol–water partition coefficient (Wildman–Crippen LogP) is 1.48. The molecule has 2 N–H and O–H groups in total. The van der Waals surface area contributed by atoms with Gasteiger partial charge in [0, 0.05) is 0 Å². The molecule has 1 aromatic carbocycles. The van der Waals surface area contributed by atoms with Gasteiger partial charge in [0.25, 0.3) is 0 Å². The molecule has 0 aliphatic rings. The van der Waals surface area contributed by atoms with E-state index in [-0.39, 0.29) is 11.4 Å². The number of hydrogen-bond donors (Lipinski definition) is 2. The Labute approximate surface area is 80.0 Å². The minimum Gasteiger partial charge on any atom is -0.395 e. The molecule has 3 heteroatoms. The molecule has 0 radical (unpaired) electrons. The standard InChI is InChI=1S/C9H11BrO2/c10-8(6-11)9(12)7-4-2-1-3-5-7/h1-5,8-9,11-12H,6H2/t8-,9+/m0/s1. The van der Waals surface area contributed by atoms with E-state index in [0.29, 0.717) is 0 Å². The van der Waals surface area contributed by atoms with Crippen molar-refractivity contribution in [3.05, 3.63) is 35.9 Å². The van der Waals surface area contributed by atoms with Gasteiger partial charge < -0.3 is 10.2 Å². The summed E-state index contributed by atoms with van der Waals surface area (Å²) in [5, 5.41) is 18.3. The highest BCUT2D eigenvalue weighted by Gasteiger charge is 2.15. The van der Waals surface area contributed by atoms with Gasteiger partial charge in [0.1, 0.15) is 0 Å². The third-order valence-corrected chi connectivity index (χ3v) is 2.45. The Bertz CT molecular complexity index is 225. The van der Waals surface area contributed by atoms with E-state index in [2.05, 4.69) is 15.9 Å². The minimum atomic E-state index is -0.642. The molecule has 0 aliphatic heterocycles. The number of benzene rings is 1. The zero-order chi connectivity index (χ0) is 8.97. The molecule has 1 rings (SSSR count). The van der Waals surface area contributed by atoms with Gasteiger partial charge in [-0.05, 0) is 5.56 Å². The highest BCUT2D eigenvalue weighted by molar-refractivity contribution is 9.09. The van der Waals surface area contributed by atoms with Crippen LogP contribution < -0.4 is 0 Å². The molecule has 2 nitrogen and oxygen atoms in total. The van der Waals surface area contributed by atoms with Crippen molar-refractivity contribution in [1.82, 2.24) is 0 Å². The lowest BCUT2D eigenvalue weighted by molar-refractivity contribution is 0.144. The van der Waals surface area contributed by atoms with Gasteiger partial charge in [-0.2, -0.15) is 0 Å². The molecule has 1 aromatic rings. The molecular formula is C9H11BrO2. The van der Waals surface area contributed by atoms with E-state index in [4.69, 9.17) is 5.11 Å². The monoisotopic (exact) mass is 230 g/mol. The number of rotatable bonds is 3. The fourth-order valence-corrected chi connectivity index (χ4v) is 1.26. The van der Waals surface area contributed by atoms with Gasteiger partial charge >= 0.3 is 0 Å². The highest BCUT2D eigenvalue weighted by Crippen LogP contribution is 2.21. The first-order valence-corrected chi connectivity index (χ1v) is 4.65. The van der Waals surface area contributed by atoms with Gasteiger partial charge in [0.15, 0.2) is 0 Å².